The Morgan fingerprint density at radius 3 is 2.94 bits per heavy atom. The summed E-state index contributed by atoms with van der Waals surface area (Å²) in [6, 6.07) is 3.08. The van der Waals surface area contributed by atoms with E-state index >= 15 is 0 Å². The first-order chi connectivity index (χ1) is 8.50. The van der Waals surface area contributed by atoms with E-state index in [1.54, 1.807) is 0 Å². The maximum absolute atomic E-state index is 11.1. The van der Waals surface area contributed by atoms with Crippen LogP contribution in [0.15, 0.2) is 12.1 Å². The van der Waals surface area contributed by atoms with E-state index in [-0.39, 0.29) is 16.9 Å². The Bertz CT molecular complexity index is 472. The van der Waals surface area contributed by atoms with Crippen molar-refractivity contribution in [1.82, 2.24) is 4.98 Å². The van der Waals surface area contributed by atoms with Crippen LogP contribution in [0, 0.1) is 10.1 Å². The Balaban J connectivity index is 2.42. The van der Waals surface area contributed by atoms with Crippen molar-refractivity contribution in [3.8, 4) is 0 Å². The van der Waals surface area contributed by atoms with Crippen molar-refractivity contribution in [2.75, 3.05) is 17.2 Å². The van der Waals surface area contributed by atoms with E-state index in [0.717, 1.165) is 12.3 Å². The molecule has 5 nitrogen and oxygen atoms in total. The molecule has 2 atom stereocenters. The van der Waals surface area contributed by atoms with Crippen LogP contribution in [0.5, 0.6) is 0 Å². The molecule has 0 aromatic carbocycles. The van der Waals surface area contributed by atoms with Gasteiger partial charge >= 0.3 is 5.69 Å². The van der Waals surface area contributed by atoms with Gasteiger partial charge in [0, 0.05) is 29.7 Å². The molecule has 0 N–H and O–H groups in total. The molecule has 0 radical (unpaired) electrons. The van der Waals surface area contributed by atoms with E-state index in [9.17, 15) is 10.1 Å². The molecule has 0 saturated carbocycles. The van der Waals surface area contributed by atoms with Crippen molar-refractivity contribution in [3.05, 3.63) is 27.4 Å². The number of halogens is 1. The number of pyridine rings is 1. The second kappa shape index (κ2) is 5.32. The van der Waals surface area contributed by atoms with E-state index in [4.69, 9.17) is 11.6 Å². The molecule has 2 rings (SSSR count). The molecule has 1 aliphatic rings. The number of hydrogen-bond acceptors (Lipinski definition) is 5. The van der Waals surface area contributed by atoms with Gasteiger partial charge in [0.2, 0.25) is 5.82 Å². The molecule has 2 unspecified atom stereocenters. The molecule has 1 aromatic rings. The molecule has 1 saturated heterocycles. The van der Waals surface area contributed by atoms with Crippen LogP contribution in [0.3, 0.4) is 0 Å². The summed E-state index contributed by atoms with van der Waals surface area (Å²) in [5, 5.41) is 11.8. The number of rotatable bonds is 2. The van der Waals surface area contributed by atoms with Gasteiger partial charge in [0.05, 0.1) is 4.92 Å². The third kappa shape index (κ3) is 2.54. The minimum atomic E-state index is -0.405. The maximum Gasteiger partial charge on any atom is 0.311 e. The average molecular weight is 288 g/mol. The van der Waals surface area contributed by atoms with Gasteiger partial charge in [0.25, 0.3) is 0 Å². The lowest BCUT2D eigenvalue weighted by Crippen LogP contribution is -2.45. The maximum atomic E-state index is 11.1. The van der Waals surface area contributed by atoms with Crippen LogP contribution < -0.4 is 4.90 Å². The highest BCUT2D eigenvalue weighted by Crippen LogP contribution is 2.34. The van der Waals surface area contributed by atoms with Crippen LogP contribution in [-0.4, -0.2) is 33.5 Å². The van der Waals surface area contributed by atoms with Crippen LogP contribution in [0.4, 0.5) is 11.5 Å². The van der Waals surface area contributed by atoms with Crippen molar-refractivity contribution in [3.63, 3.8) is 0 Å². The minimum absolute atomic E-state index is 0.0188. The molecule has 7 heteroatoms. The van der Waals surface area contributed by atoms with Gasteiger partial charge in [0.1, 0.15) is 5.15 Å². The third-order valence-electron chi connectivity index (χ3n) is 3.17. The summed E-state index contributed by atoms with van der Waals surface area (Å²) >= 11 is 7.73. The molecule has 1 aromatic heterocycles. The SMILES string of the molecule is CC1SCCN(c2nc(Cl)ccc2[N+](=O)[O-])C1C. The molecule has 18 heavy (non-hydrogen) atoms. The highest BCUT2D eigenvalue weighted by molar-refractivity contribution is 8.00. The summed E-state index contributed by atoms with van der Waals surface area (Å²) in [5.41, 5.74) is 0.0188. The van der Waals surface area contributed by atoms with Crippen LogP contribution in [0.1, 0.15) is 13.8 Å². The van der Waals surface area contributed by atoms with Crippen molar-refractivity contribution in [1.29, 1.82) is 0 Å². The Kier molecular flexibility index (Phi) is 3.97. The number of nitro groups is 1. The molecule has 1 aliphatic heterocycles. The highest BCUT2D eigenvalue weighted by Gasteiger charge is 2.31. The summed E-state index contributed by atoms with van der Waals surface area (Å²) in [5.74, 6) is 1.32. The molecule has 2 heterocycles. The van der Waals surface area contributed by atoms with Gasteiger partial charge in [0.15, 0.2) is 0 Å². The van der Waals surface area contributed by atoms with E-state index in [1.807, 2.05) is 16.7 Å². The summed E-state index contributed by atoms with van der Waals surface area (Å²) < 4.78 is 0. The predicted octanol–water partition coefficient (Wildman–Crippen LogP) is 2.97. The van der Waals surface area contributed by atoms with Gasteiger partial charge in [-0.05, 0) is 13.0 Å². The molecular weight excluding hydrogens is 274 g/mol. The van der Waals surface area contributed by atoms with Gasteiger partial charge in [-0.1, -0.05) is 18.5 Å². The Hall–Kier alpha value is -1.01. The predicted molar refractivity (Wildman–Crippen MR) is 74.6 cm³/mol. The normalized spacial score (nSPS) is 24.1. The van der Waals surface area contributed by atoms with Crippen molar-refractivity contribution >= 4 is 34.9 Å². The number of thioether (sulfide) groups is 1. The Morgan fingerprint density at radius 1 is 1.56 bits per heavy atom. The van der Waals surface area contributed by atoms with Gasteiger partial charge in [-0.25, -0.2) is 4.98 Å². The molecular formula is C11H14ClN3O2S. The zero-order valence-electron chi connectivity index (χ0n) is 10.2. The molecule has 0 spiro atoms. The van der Waals surface area contributed by atoms with Gasteiger partial charge in [-0.3, -0.25) is 10.1 Å². The monoisotopic (exact) mass is 287 g/mol. The summed E-state index contributed by atoms with van der Waals surface area (Å²) in [4.78, 5) is 16.8. The average Bonchev–Trinajstić information content (AvgIpc) is 2.32. The first-order valence-corrected chi connectivity index (χ1v) is 7.12. The van der Waals surface area contributed by atoms with E-state index in [2.05, 4.69) is 18.8 Å². The lowest BCUT2D eigenvalue weighted by Gasteiger charge is -2.37. The van der Waals surface area contributed by atoms with Crippen molar-refractivity contribution < 1.29 is 4.92 Å². The van der Waals surface area contributed by atoms with E-state index in [0.29, 0.717) is 11.1 Å². The summed E-state index contributed by atoms with van der Waals surface area (Å²) in [6.45, 7) is 4.94. The molecule has 0 bridgehead atoms. The van der Waals surface area contributed by atoms with Crippen molar-refractivity contribution in [2.24, 2.45) is 0 Å². The second-order valence-electron chi connectivity index (χ2n) is 4.24. The van der Waals surface area contributed by atoms with Crippen LogP contribution in [0.25, 0.3) is 0 Å². The largest absolute Gasteiger partial charge is 0.346 e. The number of nitrogens with zero attached hydrogens (tertiary/aromatic N) is 3. The first-order valence-electron chi connectivity index (χ1n) is 5.70. The van der Waals surface area contributed by atoms with Crippen LogP contribution >= 0.6 is 23.4 Å². The smallest absolute Gasteiger partial charge is 0.311 e. The standard InChI is InChI=1S/C11H14ClN3O2S/c1-7-8(2)18-6-5-14(7)11-9(15(16)17)3-4-10(12)13-11/h3-4,7-8H,5-6H2,1-2H3. The van der Waals surface area contributed by atoms with Gasteiger partial charge < -0.3 is 4.90 Å². The number of aromatic nitrogens is 1. The quantitative estimate of drug-likeness (QED) is 0.475. The van der Waals surface area contributed by atoms with E-state index in [1.165, 1.54) is 12.1 Å². The zero-order valence-corrected chi connectivity index (χ0v) is 11.7. The fraction of sp³-hybridized carbons (Fsp3) is 0.545. The number of hydrogen-bond donors (Lipinski definition) is 0. The Labute approximate surface area is 115 Å². The van der Waals surface area contributed by atoms with Gasteiger partial charge in [-0.2, -0.15) is 11.8 Å². The van der Waals surface area contributed by atoms with E-state index < -0.39 is 4.92 Å². The molecule has 1 fully saturated rings. The lowest BCUT2D eigenvalue weighted by atomic mass is 10.2. The topological polar surface area (TPSA) is 59.3 Å². The highest BCUT2D eigenvalue weighted by atomic mass is 35.5. The Morgan fingerprint density at radius 2 is 2.28 bits per heavy atom. The fourth-order valence-electron chi connectivity index (χ4n) is 2.00. The number of anilines is 1. The molecule has 0 aliphatic carbocycles. The first kappa shape index (κ1) is 13.4. The second-order valence-corrected chi connectivity index (χ2v) is 6.12. The van der Waals surface area contributed by atoms with Gasteiger partial charge in [-0.15, -0.1) is 0 Å². The van der Waals surface area contributed by atoms with Crippen LogP contribution in [-0.2, 0) is 0 Å². The lowest BCUT2D eigenvalue weighted by molar-refractivity contribution is -0.384. The molecule has 98 valence electrons. The third-order valence-corrected chi connectivity index (χ3v) is 4.72. The van der Waals surface area contributed by atoms with Crippen LogP contribution in [0.2, 0.25) is 5.15 Å². The zero-order chi connectivity index (χ0) is 13.3. The summed E-state index contributed by atoms with van der Waals surface area (Å²) in [6.07, 6.45) is 0. The fourth-order valence-corrected chi connectivity index (χ4v) is 3.25. The summed E-state index contributed by atoms with van der Waals surface area (Å²) in [7, 11) is 0. The molecule has 0 amide bonds. The van der Waals surface area contributed by atoms with Crippen molar-refractivity contribution in [2.45, 2.75) is 25.1 Å². The minimum Gasteiger partial charge on any atom is -0.346 e.